The minimum atomic E-state index is 0.675. The average molecular weight is 227 g/mol. The molecule has 0 atom stereocenters. The second-order valence-electron chi connectivity index (χ2n) is 4.10. The predicted molar refractivity (Wildman–Crippen MR) is 71.2 cm³/mol. The Hall–Kier alpha value is -1.96. The van der Waals surface area contributed by atoms with E-state index in [0.29, 0.717) is 6.61 Å². The van der Waals surface area contributed by atoms with Gasteiger partial charge in [-0.3, -0.25) is 0 Å². The van der Waals surface area contributed by atoms with Crippen LogP contribution in [0, 0.1) is 6.92 Å². The molecule has 0 bridgehead atoms. The van der Waals surface area contributed by atoms with Crippen molar-refractivity contribution in [2.75, 3.05) is 12.3 Å². The van der Waals surface area contributed by atoms with Crippen LogP contribution in [-0.4, -0.2) is 6.61 Å². The van der Waals surface area contributed by atoms with Gasteiger partial charge in [-0.2, -0.15) is 0 Å². The average Bonchev–Trinajstić information content (AvgIpc) is 2.32. The largest absolute Gasteiger partial charge is 0.493 e. The summed E-state index contributed by atoms with van der Waals surface area (Å²) in [5.41, 5.74) is 9.06. The van der Waals surface area contributed by atoms with Gasteiger partial charge in [-0.1, -0.05) is 30.3 Å². The topological polar surface area (TPSA) is 35.2 Å². The minimum Gasteiger partial charge on any atom is -0.493 e. The van der Waals surface area contributed by atoms with Crippen LogP contribution < -0.4 is 10.5 Å². The van der Waals surface area contributed by atoms with Gasteiger partial charge in [0.2, 0.25) is 0 Å². The summed E-state index contributed by atoms with van der Waals surface area (Å²) in [5, 5.41) is 0. The third kappa shape index (κ3) is 3.25. The fraction of sp³-hybridized carbons (Fsp3) is 0.200. The Morgan fingerprint density at radius 1 is 1.06 bits per heavy atom. The van der Waals surface area contributed by atoms with Crippen LogP contribution in [0.25, 0.3) is 0 Å². The lowest BCUT2D eigenvalue weighted by Gasteiger charge is -2.08. The Bertz CT molecular complexity index is 494. The van der Waals surface area contributed by atoms with Crippen molar-refractivity contribution in [1.82, 2.24) is 0 Å². The summed E-state index contributed by atoms with van der Waals surface area (Å²) < 4.78 is 5.67. The van der Waals surface area contributed by atoms with E-state index < -0.39 is 0 Å². The molecule has 0 aliphatic heterocycles. The van der Waals surface area contributed by atoms with E-state index in [4.69, 9.17) is 10.5 Å². The van der Waals surface area contributed by atoms with E-state index in [0.717, 1.165) is 17.9 Å². The molecular formula is C15H17NO. The van der Waals surface area contributed by atoms with E-state index in [9.17, 15) is 0 Å². The zero-order chi connectivity index (χ0) is 12.1. The third-order valence-electron chi connectivity index (χ3n) is 2.76. The summed E-state index contributed by atoms with van der Waals surface area (Å²) in [6, 6.07) is 15.9. The maximum atomic E-state index is 5.69. The molecule has 2 nitrogen and oxygen atoms in total. The van der Waals surface area contributed by atoms with E-state index in [-0.39, 0.29) is 0 Å². The standard InChI is InChI=1S/C15H17NO/c1-12-5-2-3-6-13(12)9-10-17-15-8-4-7-14(16)11-15/h2-8,11H,9-10,16H2,1H3. The number of nitrogen functional groups attached to an aromatic ring is 1. The number of benzene rings is 2. The summed E-state index contributed by atoms with van der Waals surface area (Å²) in [4.78, 5) is 0. The summed E-state index contributed by atoms with van der Waals surface area (Å²) in [5.74, 6) is 0.832. The van der Waals surface area contributed by atoms with Crippen LogP contribution in [0.1, 0.15) is 11.1 Å². The number of aryl methyl sites for hydroxylation is 1. The van der Waals surface area contributed by atoms with E-state index in [1.807, 2.05) is 24.3 Å². The lowest BCUT2D eigenvalue weighted by molar-refractivity contribution is 0.322. The first kappa shape index (κ1) is 11.5. The highest BCUT2D eigenvalue weighted by molar-refractivity contribution is 5.43. The number of anilines is 1. The summed E-state index contributed by atoms with van der Waals surface area (Å²) in [6.07, 6.45) is 0.918. The molecule has 0 spiro atoms. The molecule has 0 amide bonds. The third-order valence-corrected chi connectivity index (χ3v) is 2.76. The molecule has 17 heavy (non-hydrogen) atoms. The Balaban J connectivity index is 1.90. The van der Waals surface area contributed by atoms with Crippen LogP contribution >= 0.6 is 0 Å². The van der Waals surface area contributed by atoms with Gasteiger partial charge in [0.1, 0.15) is 5.75 Å². The van der Waals surface area contributed by atoms with Crippen molar-refractivity contribution in [1.29, 1.82) is 0 Å². The van der Waals surface area contributed by atoms with Gasteiger partial charge in [-0.15, -0.1) is 0 Å². The second kappa shape index (κ2) is 5.39. The fourth-order valence-electron chi connectivity index (χ4n) is 1.77. The number of ether oxygens (including phenoxy) is 1. The first-order valence-electron chi connectivity index (χ1n) is 5.78. The predicted octanol–water partition coefficient (Wildman–Crippen LogP) is 3.20. The SMILES string of the molecule is Cc1ccccc1CCOc1cccc(N)c1. The second-order valence-corrected chi connectivity index (χ2v) is 4.10. The molecule has 2 rings (SSSR count). The molecule has 2 N–H and O–H groups in total. The van der Waals surface area contributed by atoms with Gasteiger partial charge in [0, 0.05) is 18.2 Å². The van der Waals surface area contributed by atoms with E-state index in [1.54, 1.807) is 0 Å². The molecule has 0 radical (unpaired) electrons. The smallest absolute Gasteiger partial charge is 0.121 e. The van der Waals surface area contributed by atoms with Crippen molar-refractivity contribution in [2.24, 2.45) is 0 Å². The van der Waals surface area contributed by atoms with Gasteiger partial charge in [-0.05, 0) is 30.2 Å². The molecule has 0 aliphatic rings. The number of rotatable bonds is 4. The Labute approximate surface area is 102 Å². The molecular weight excluding hydrogens is 210 g/mol. The van der Waals surface area contributed by atoms with E-state index in [2.05, 4.69) is 31.2 Å². The maximum Gasteiger partial charge on any atom is 0.121 e. The van der Waals surface area contributed by atoms with Gasteiger partial charge >= 0.3 is 0 Å². The molecule has 2 aromatic carbocycles. The molecule has 0 aliphatic carbocycles. The highest BCUT2D eigenvalue weighted by Gasteiger charge is 1.98. The highest BCUT2D eigenvalue weighted by atomic mass is 16.5. The van der Waals surface area contributed by atoms with E-state index >= 15 is 0 Å². The summed E-state index contributed by atoms with van der Waals surface area (Å²) in [7, 11) is 0. The first-order chi connectivity index (χ1) is 8.25. The van der Waals surface area contributed by atoms with Gasteiger partial charge in [0.15, 0.2) is 0 Å². The van der Waals surface area contributed by atoms with Gasteiger partial charge in [-0.25, -0.2) is 0 Å². The van der Waals surface area contributed by atoms with Gasteiger partial charge in [0.25, 0.3) is 0 Å². The normalized spacial score (nSPS) is 10.2. The highest BCUT2D eigenvalue weighted by Crippen LogP contribution is 2.15. The van der Waals surface area contributed by atoms with Gasteiger partial charge in [0.05, 0.1) is 6.61 Å². The van der Waals surface area contributed by atoms with Crippen molar-refractivity contribution < 1.29 is 4.74 Å². The lowest BCUT2D eigenvalue weighted by Crippen LogP contribution is -2.02. The quantitative estimate of drug-likeness (QED) is 0.814. The number of hydrogen-bond donors (Lipinski definition) is 1. The van der Waals surface area contributed by atoms with Crippen molar-refractivity contribution >= 4 is 5.69 Å². The Morgan fingerprint density at radius 3 is 2.65 bits per heavy atom. The molecule has 0 unspecified atom stereocenters. The molecule has 88 valence electrons. The molecule has 0 fully saturated rings. The van der Waals surface area contributed by atoms with Crippen LogP contribution in [-0.2, 0) is 6.42 Å². The molecule has 0 aromatic heterocycles. The van der Waals surface area contributed by atoms with E-state index in [1.165, 1.54) is 11.1 Å². The van der Waals surface area contributed by atoms with Crippen LogP contribution in [0.3, 0.4) is 0 Å². The number of hydrogen-bond acceptors (Lipinski definition) is 2. The fourth-order valence-corrected chi connectivity index (χ4v) is 1.77. The monoisotopic (exact) mass is 227 g/mol. The summed E-state index contributed by atoms with van der Waals surface area (Å²) >= 11 is 0. The Kier molecular flexibility index (Phi) is 3.66. The molecule has 0 saturated heterocycles. The number of nitrogens with two attached hydrogens (primary N) is 1. The maximum absolute atomic E-state index is 5.69. The molecule has 2 aromatic rings. The van der Waals surface area contributed by atoms with Crippen LogP contribution in [0.5, 0.6) is 5.75 Å². The van der Waals surface area contributed by atoms with Crippen molar-refractivity contribution in [3.8, 4) is 5.75 Å². The molecule has 2 heteroatoms. The van der Waals surface area contributed by atoms with Crippen LogP contribution in [0.15, 0.2) is 48.5 Å². The first-order valence-corrected chi connectivity index (χ1v) is 5.78. The van der Waals surface area contributed by atoms with Crippen molar-refractivity contribution in [3.63, 3.8) is 0 Å². The van der Waals surface area contributed by atoms with Gasteiger partial charge < -0.3 is 10.5 Å². The molecule has 0 saturated carbocycles. The summed E-state index contributed by atoms with van der Waals surface area (Å²) in [6.45, 7) is 2.80. The van der Waals surface area contributed by atoms with Crippen LogP contribution in [0.2, 0.25) is 0 Å². The lowest BCUT2D eigenvalue weighted by atomic mass is 10.1. The van der Waals surface area contributed by atoms with Crippen molar-refractivity contribution in [3.05, 3.63) is 59.7 Å². The Morgan fingerprint density at radius 2 is 1.88 bits per heavy atom. The molecule has 0 heterocycles. The minimum absolute atomic E-state index is 0.675. The van der Waals surface area contributed by atoms with Crippen LogP contribution in [0.4, 0.5) is 5.69 Å². The zero-order valence-corrected chi connectivity index (χ0v) is 10.0. The van der Waals surface area contributed by atoms with Crippen molar-refractivity contribution in [2.45, 2.75) is 13.3 Å². The zero-order valence-electron chi connectivity index (χ0n) is 10.0.